The van der Waals surface area contributed by atoms with E-state index in [0.29, 0.717) is 105 Å². The molecule has 268 valence electrons. The third-order valence-corrected chi connectivity index (χ3v) is 7.21. The van der Waals surface area contributed by atoms with Gasteiger partial charge in [0, 0.05) is 32.7 Å². The fourth-order valence-electron chi connectivity index (χ4n) is 4.85. The molecule has 0 saturated heterocycles. The number of alkyl carbamates (subject to hydrolysis) is 1. The van der Waals surface area contributed by atoms with Crippen molar-refractivity contribution < 1.29 is 47.5 Å². The Bertz CT molecular complexity index is 1160. The Morgan fingerprint density at radius 1 is 0.667 bits per heavy atom. The van der Waals surface area contributed by atoms with Crippen LogP contribution in [0.2, 0.25) is 0 Å². The predicted octanol–water partition coefficient (Wildman–Crippen LogP) is 4.88. The van der Waals surface area contributed by atoms with Crippen LogP contribution in [0.15, 0.2) is 48.5 Å². The molecule has 12 heteroatoms. The number of carbonyl (C=O) groups excluding carboxylic acids is 2. The number of amides is 2. The lowest BCUT2D eigenvalue weighted by Gasteiger charge is -2.24. The Morgan fingerprint density at radius 3 is 1.58 bits per heavy atom. The number of nitrogens with zero attached hydrogens (tertiary/aromatic N) is 1. The standard InChI is InChI=1S/C36H54N2O10/c1-36(2,3)48-35(40)38(4)15-17-42-19-21-44-23-25-46-27-26-45-24-22-43-20-18-41-16-9-14-37-34(39)47-28-33-31-12-7-5-10-29(31)30-11-6-8-13-32(30)33/h5-8,10-13,33H,9,14-28H2,1-4H3,(H,37,39). The summed E-state index contributed by atoms with van der Waals surface area (Å²) >= 11 is 0. The number of hydrogen-bond donors (Lipinski definition) is 1. The molecule has 0 atom stereocenters. The SMILES string of the molecule is CN(CCOCCOCCOCCOCCOCCOCCCNC(=O)OCC1c2ccccc2-c2ccccc21)C(=O)OC(C)(C)C. The van der Waals surface area contributed by atoms with Crippen molar-refractivity contribution in [2.75, 3.05) is 106 Å². The van der Waals surface area contributed by atoms with Crippen molar-refractivity contribution in [3.8, 4) is 11.1 Å². The smallest absolute Gasteiger partial charge is 0.410 e. The van der Waals surface area contributed by atoms with Gasteiger partial charge in [-0.15, -0.1) is 0 Å². The van der Waals surface area contributed by atoms with E-state index in [-0.39, 0.29) is 12.0 Å². The summed E-state index contributed by atoms with van der Waals surface area (Å²) in [6.07, 6.45) is -0.103. The van der Waals surface area contributed by atoms with Crippen LogP contribution in [0.5, 0.6) is 0 Å². The van der Waals surface area contributed by atoms with Gasteiger partial charge in [0.2, 0.25) is 0 Å². The minimum absolute atomic E-state index is 0.0488. The van der Waals surface area contributed by atoms with Crippen molar-refractivity contribution in [2.24, 2.45) is 0 Å². The highest BCUT2D eigenvalue weighted by molar-refractivity contribution is 5.79. The van der Waals surface area contributed by atoms with E-state index >= 15 is 0 Å². The highest BCUT2D eigenvalue weighted by atomic mass is 16.6. The zero-order valence-corrected chi connectivity index (χ0v) is 29.0. The Balaban J connectivity index is 1.02. The maximum atomic E-state index is 12.2. The molecule has 3 rings (SSSR count). The van der Waals surface area contributed by atoms with Gasteiger partial charge in [0.25, 0.3) is 0 Å². The van der Waals surface area contributed by atoms with Crippen LogP contribution in [0.4, 0.5) is 9.59 Å². The second-order valence-electron chi connectivity index (χ2n) is 12.2. The quantitative estimate of drug-likeness (QED) is 0.154. The van der Waals surface area contributed by atoms with Crippen LogP contribution in [0.25, 0.3) is 11.1 Å². The molecule has 0 radical (unpaired) electrons. The summed E-state index contributed by atoms with van der Waals surface area (Å²) < 4.78 is 43.9. The zero-order valence-electron chi connectivity index (χ0n) is 29.0. The molecule has 0 unspecified atom stereocenters. The number of likely N-dealkylation sites (N-methyl/N-ethyl adjacent to an activating group) is 1. The molecule has 0 heterocycles. The van der Waals surface area contributed by atoms with Gasteiger partial charge in [-0.2, -0.15) is 0 Å². The molecule has 0 bridgehead atoms. The first-order chi connectivity index (χ1) is 23.3. The van der Waals surface area contributed by atoms with Gasteiger partial charge >= 0.3 is 12.2 Å². The summed E-state index contributed by atoms with van der Waals surface area (Å²) in [6, 6.07) is 16.6. The van der Waals surface area contributed by atoms with E-state index < -0.39 is 11.7 Å². The molecule has 1 N–H and O–H groups in total. The van der Waals surface area contributed by atoms with Gasteiger partial charge in [-0.1, -0.05) is 48.5 Å². The van der Waals surface area contributed by atoms with Crippen molar-refractivity contribution in [1.82, 2.24) is 10.2 Å². The molecule has 0 spiro atoms. The second-order valence-corrected chi connectivity index (χ2v) is 12.2. The molecule has 2 aromatic carbocycles. The number of rotatable bonds is 24. The van der Waals surface area contributed by atoms with Crippen LogP contribution in [-0.2, 0) is 37.9 Å². The average molecular weight is 675 g/mol. The summed E-state index contributed by atoms with van der Waals surface area (Å²) in [4.78, 5) is 25.6. The Labute approximate surface area is 285 Å². The molecule has 0 aliphatic heterocycles. The molecule has 0 saturated carbocycles. The van der Waals surface area contributed by atoms with Gasteiger partial charge < -0.3 is 48.1 Å². The highest BCUT2D eigenvalue weighted by Gasteiger charge is 2.29. The first-order valence-electron chi connectivity index (χ1n) is 16.8. The second kappa shape index (κ2) is 22.4. The molecule has 1 aliphatic rings. The number of fused-ring (bicyclic) bond motifs is 3. The van der Waals surface area contributed by atoms with E-state index in [0.717, 1.165) is 0 Å². The van der Waals surface area contributed by atoms with Gasteiger partial charge in [-0.05, 0) is 49.4 Å². The number of nitrogens with one attached hydrogen (secondary N) is 1. The van der Waals surface area contributed by atoms with Gasteiger partial charge in [-0.3, -0.25) is 0 Å². The number of benzene rings is 2. The normalized spacial score (nSPS) is 12.4. The lowest BCUT2D eigenvalue weighted by molar-refractivity contribution is -0.0179. The first kappa shape index (κ1) is 39.2. The first-order valence-corrected chi connectivity index (χ1v) is 16.8. The average Bonchev–Trinajstić information content (AvgIpc) is 3.38. The summed E-state index contributed by atoms with van der Waals surface area (Å²) in [5.74, 6) is 0.0488. The summed E-state index contributed by atoms with van der Waals surface area (Å²) in [5, 5.41) is 2.80. The number of carbonyl (C=O) groups is 2. The Kier molecular flexibility index (Phi) is 18.3. The van der Waals surface area contributed by atoms with E-state index in [1.165, 1.54) is 27.2 Å². The van der Waals surface area contributed by atoms with Crippen LogP contribution >= 0.6 is 0 Å². The summed E-state index contributed by atoms with van der Waals surface area (Å²) in [5.41, 5.74) is 4.29. The Morgan fingerprint density at radius 2 is 1.10 bits per heavy atom. The maximum absolute atomic E-state index is 12.2. The van der Waals surface area contributed by atoms with Crippen LogP contribution in [0.3, 0.4) is 0 Å². The van der Waals surface area contributed by atoms with Gasteiger partial charge in [0.15, 0.2) is 0 Å². The van der Waals surface area contributed by atoms with Gasteiger partial charge in [0.05, 0.1) is 72.7 Å². The predicted molar refractivity (Wildman–Crippen MR) is 181 cm³/mol. The minimum Gasteiger partial charge on any atom is -0.449 e. The van der Waals surface area contributed by atoms with Gasteiger partial charge in [-0.25, -0.2) is 9.59 Å². The minimum atomic E-state index is -0.513. The van der Waals surface area contributed by atoms with Crippen molar-refractivity contribution in [3.05, 3.63) is 59.7 Å². The molecule has 1 aliphatic carbocycles. The number of ether oxygens (including phenoxy) is 8. The third kappa shape index (κ3) is 15.3. The fraction of sp³-hybridized carbons (Fsp3) is 0.611. The van der Waals surface area contributed by atoms with Crippen LogP contribution in [-0.4, -0.2) is 129 Å². The van der Waals surface area contributed by atoms with Crippen LogP contribution in [0, 0.1) is 0 Å². The molecule has 0 fully saturated rings. The van der Waals surface area contributed by atoms with Gasteiger partial charge in [0.1, 0.15) is 12.2 Å². The lowest BCUT2D eigenvalue weighted by Crippen LogP contribution is -2.36. The van der Waals surface area contributed by atoms with E-state index in [9.17, 15) is 9.59 Å². The monoisotopic (exact) mass is 674 g/mol. The van der Waals surface area contributed by atoms with Crippen molar-refractivity contribution in [3.63, 3.8) is 0 Å². The zero-order chi connectivity index (χ0) is 34.5. The maximum Gasteiger partial charge on any atom is 0.410 e. The largest absolute Gasteiger partial charge is 0.449 e. The fourth-order valence-corrected chi connectivity index (χ4v) is 4.85. The molecular formula is C36H54N2O10. The molecule has 2 amide bonds. The summed E-state index contributed by atoms with van der Waals surface area (Å²) in [7, 11) is 1.68. The summed E-state index contributed by atoms with van der Waals surface area (Å²) in [6.45, 7) is 12.3. The van der Waals surface area contributed by atoms with Crippen molar-refractivity contribution in [2.45, 2.75) is 38.7 Å². The Hall–Kier alpha value is -3.26. The number of hydrogen-bond acceptors (Lipinski definition) is 10. The van der Waals surface area contributed by atoms with E-state index in [1.807, 2.05) is 45.0 Å². The molecule has 12 nitrogen and oxygen atoms in total. The van der Waals surface area contributed by atoms with Crippen LogP contribution < -0.4 is 5.32 Å². The van der Waals surface area contributed by atoms with Crippen LogP contribution in [0.1, 0.15) is 44.2 Å². The van der Waals surface area contributed by atoms with E-state index in [1.54, 1.807) is 7.05 Å². The van der Waals surface area contributed by atoms with E-state index in [4.69, 9.17) is 37.9 Å². The molecular weight excluding hydrogens is 620 g/mol. The molecule has 48 heavy (non-hydrogen) atoms. The topological polar surface area (TPSA) is 123 Å². The highest BCUT2D eigenvalue weighted by Crippen LogP contribution is 2.44. The molecule has 2 aromatic rings. The third-order valence-electron chi connectivity index (χ3n) is 7.21. The van der Waals surface area contributed by atoms with Crippen molar-refractivity contribution in [1.29, 1.82) is 0 Å². The molecule has 0 aromatic heterocycles. The lowest BCUT2D eigenvalue weighted by atomic mass is 9.98. The van der Waals surface area contributed by atoms with E-state index in [2.05, 4.69) is 29.6 Å². The van der Waals surface area contributed by atoms with Crippen molar-refractivity contribution >= 4 is 12.2 Å².